The van der Waals surface area contributed by atoms with Crippen molar-refractivity contribution in [2.45, 2.75) is 51.9 Å². The molecule has 128 valence electrons. The molecule has 4 rings (SSSR count). The van der Waals surface area contributed by atoms with Crippen LogP contribution in [-0.2, 0) is 6.42 Å². The van der Waals surface area contributed by atoms with Gasteiger partial charge in [0.1, 0.15) is 0 Å². The van der Waals surface area contributed by atoms with E-state index in [-0.39, 0.29) is 0 Å². The van der Waals surface area contributed by atoms with E-state index in [0.29, 0.717) is 0 Å². The van der Waals surface area contributed by atoms with Crippen LogP contribution in [0.1, 0.15) is 51.0 Å². The third kappa shape index (κ3) is 3.63. The Bertz CT molecular complexity index is 873. The molecule has 1 saturated carbocycles. The molecule has 0 spiro atoms. The molecular weight excluding hydrogens is 300 g/mol. The van der Waals surface area contributed by atoms with Gasteiger partial charge in [-0.3, -0.25) is 0 Å². The summed E-state index contributed by atoms with van der Waals surface area (Å²) in [6, 6.07) is 15.8. The van der Waals surface area contributed by atoms with Gasteiger partial charge in [-0.2, -0.15) is 0 Å². The first-order valence-corrected chi connectivity index (χ1v) is 9.97. The summed E-state index contributed by atoms with van der Waals surface area (Å²) in [5.41, 5.74) is 5.51. The van der Waals surface area contributed by atoms with Crippen molar-refractivity contribution < 1.29 is 0 Å². The van der Waals surface area contributed by atoms with Gasteiger partial charge < -0.3 is 0 Å². The van der Waals surface area contributed by atoms with Crippen molar-refractivity contribution in [2.24, 2.45) is 5.92 Å². The summed E-state index contributed by atoms with van der Waals surface area (Å²) in [5, 5.41) is 2.77. The van der Waals surface area contributed by atoms with Crippen LogP contribution in [0, 0.1) is 5.92 Å². The molecule has 0 heteroatoms. The smallest absolute Gasteiger partial charge is 0.00994 e. The van der Waals surface area contributed by atoms with Gasteiger partial charge in [0.2, 0.25) is 0 Å². The van der Waals surface area contributed by atoms with Crippen LogP contribution < -0.4 is 10.4 Å². The summed E-state index contributed by atoms with van der Waals surface area (Å²) in [6.07, 6.45) is 16.8. The predicted octanol–water partition coefficient (Wildman–Crippen LogP) is 5.39. The first kappa shape index (κ1) is 16.4. The molecule has 0 aromatic heterocycles. The number of rotatable bonds is 3. The second-order valence-electron chi connectivity index (χ2n) is 7.57. The van der Waals surface area contributed by atoms with E-state index in [0.717, 1.165) is 12.3 Å². The molecule has 1 fully saturated rings. The maximum absolute atomic E-state index is 2.54. The first-order chi connectivity index (χ1) is 12.3. The third-order valence-corrected chi connectivity index (χ3v) is 5.77. The Hall–Kier alpha value is -2.08. The van der Waals surface area contributed by atoms with E-state index in [1.54, 1.807) is 0 Å². The lowest BCUT2D eigenvalue weighted by molar-refractivity contribution is 0.558. The number of aryl methyl sites for hydroxylation is 1. The molecule has 0 saturated heterocycles. The largest absolute Gasteiger partial charge is 0.0741 e. The SMILES string of the molecule is CCc1ccc(-c2cccc3c2=CC(=CC2CCCCCC2)C=3)cc1. The summed E-state index contributed by atoms with van der Waals surface area (Å²) < 4.78 is 0. The van der Waals surface area contributed by atoms with Crippen molar-refractivity contribution >= 4 is 12.2 Å². The number of allylic oxidation sites excluding steroid dienone is 2. The van der Waals surface area contributed by atoms with Crippen LogP contribution in [0.5, 0.6) is 0 Å². The topological polar surface area (TPSA) is 0 Å². The number of hydrogen-bond donors (Lipinski definition) is 0. The van der Waals surface area contributed by atoms with Gasteiger partial charge in [0.25, 0.3) is 0 Å². The second-order valence-corrected chi connectivity index (χ2v) is 7.57. The molecule has 0 atom stereocenters. The van der Waals surface area contributed by atoms with Gasteiger partial charge in [-0.25, -0.2) is 0 Å². The van der Waals surface area contributed by atoms with Crippen LogP contribution >= 0.6 is 0 Å². The van der Waals surface area contributed by atoms with Gasteiger partial charge in [-0.1, -0.05) is 81.1 Å². The fraction of sp³-hybridized carbons (Fsp3) is 0.360. The number of fused-ring (bicyclic) bond motifs is 1. The molecule has 2 aromatic carbocycles. The van der Waals surface area contributed by atoms with Crippen LogP contribution in [0.15, 0.2) is 54.1 Å². The van der Waals surface area contributed by atoms with Crippen LogP contribution in [0.3, 0.4) is 0 Å². The van der Waals surface area contributed by atoms with Gasteiger partial charge in [-0.15, -0.1) is 0 Å². The molecule has 25 heavy (non-hydrogen) atoms. The first-order valence-electron chi connectivity index (χ1n) is 9.97. The zero-order valence-electron chi connectivity index (χ0n) is 15.3. The van der Waals surface area contributed by atoms with Crippen molar-refractivity contribution in [3.8, 4) is 11.1 Å². The summed E-state index contributed by atoms with van der Waals surface area (Å²) in [4.78, 5) is 0. The molecule has 0 heterocycles. The lowest BCUT2D eigenvalue weighted by Crippen LogP contribution is -2.22. The van der Waals surface area contributed by atoms with Crippen molar-refractivity contribution in [2.75, 3.05) is 0 Å². The Kier molecular flexibility index (Phi) is 4.88. The van der Waals surface area contributed by atoms with Gasteiger partial charge in [0.15, 0.2) is 0 Å². The summed E-state index contributed by atoms with van der Waals surface area (Å²) >= 11 is 0. The molecule has 2 aliphatic carbocycles. The van der Waals surface area contributed by atoms with E-state index in [9.17, 15) is 0 Å². The van der Waals surface area contributed by atoms with Crippen molar-refractivity contribution in [3.05, 3.63) is 70.1 Å². The van der Waals surface area contributed by atoms with E-state index in [1.165, 1.54) is 71.2 Å². The summed E-state index contributed by atoms with van der Waals surface area (Å²) in [6.45, 7) is 2.21. The van der Waals surface area contributed by atoms with Crippen LogP contribution in [-0.4, -0.2) is 0 Å². The molecular formula is C25H28. The zero-order chi connectivity index (χ0) is 17.1. The summed E-state index contributed by atoms with van der Waals surface area (Å²) in [5.74, 6) is 0.770. The monoisotopic (exact) mass is 328 g/mol. The molecule has 0 unspecified atom stereocenters. The van der Waals surface area contributed by atoms with Crippen molar-refractivity contribution in [1.29, 1.82) is 0 Å². The minimum absolute atomic E-state index is 0.770. The lowest BCUT2D eigenvalue weighted by atomic mass is 9.97. The maximum atomic E-state index is 2.54. The normalized spacial score (nSPS) is 19.2. The van der Waals surface area contributed by atoms with Crippen LogP contribution in [0.25, 0.3) is 23.3 Å². The van der Waals surface area contributed by atoms with E-state index < -0.39 is 0 Å². The Morgan fingerprint density at radius 1 is 0.880 bits per heavy atom. The highest BCUT2D eigenvalue weighted by molar-refractivity contribution is 5.77. The van der Waals surface area contributed by atoms with Crippen LogP contribution in [0.2, 0.25) is 0 Å². The van der Waals surface area contributed by atoms with Crippen molar-refractivity contribution in [1.82, 2.24) is 0 Å². The molecule has 0 aliphatic heterocycles. The zero-order valence-corrected chi connectivity index (χ0v) is 15.3. The predicted molar refractivity (Wildman–Crippen MR) is 109 cm³/mol. The Morgan fingerprint density at radius 3 is 2.36 bits per heavy atom. The Morgan fingerprint density at radius 2 is 1.64 bits per heavy atom. The fourth-order valence-electron chi connectivity index (χ4n) is 4.28. The van der Waals surface area contributed by atoms with E-state index >= 15 is 0 Å². The molecule has 0 amide bonds. The average molecular weight is 328 g/mol. The minimum Gasteiger partial charge on any atom is -0.0741 e. The van der Waals surface area contributed by atoms with Gasteiger partial charge in [-0.05, 0) is 70.0 Å². The number of benzene rings is 2. The van der Waals surface area contributed by atoms with E-state index in [2.05, 4.69) is 67.6 Å². The average Bonchev–Trinajstić information content (AvgIpc) is 2.89. The standard InChI is InChI=1S/C25H28/c1-2-19-12-14-22(15-13-19)24-11-7-10-23-17-21(18-25(23)24)16-20-8-5-3-4-6-9-20/h7,10-18,20H,2-6,8-9H2,1H3. The lowest BCUT2D eigenvalue weighted by Gasteiger charge is -2.08. The number of hydrogen-bond acceptors (Lipinski definition) is 0. The van der Waals surface area contributed by atoms with Gasteiger partial charge in [0, 0.05) is 0 Å². The van der Waals surface area contributed by atoms with Crippen LogP contribution in [0.4, 0.5) is 0 Å². The fourth-order valence-corrected chi connectivity index (χ4v) is 4.28. The van der Waals surface area contributed by atoms with Gasteiger partial charge >= 0.3 is 0 Å². The molecule has 2 aliphatic rings. The maximum Gasteiger partial charge on any atom is -0.00994 e. The second kappa shape index (κ2) is 7.44. The summed E-state index contributed by atoms with van der Waals surface area (Å²) in [7, 11) is 0. The third-order valence-electron chi connectivity index (χ3n) is 5.77. The Labute approximate surface area is 151 Å². The highest BCUT2D eigenvalue weighted by atomic mass is 14.2. The molecule has 0 radical (unpaired) electrons. The molecule has 0 nitrogen and oxygen atoms in total. The van der Waals surface area contributed by atoms with Gasteiger partial charge in [0.05, 0.1) is 0 Å². The Balaban J connectivity index is 1.69. The molecule has 2 aromatic rings. The minimum atomic E-state index is 0.770. The molecule has 0 bridgehead atoms. The van der Waals surface area contributed by atoms with E-state index in [4.69, 9.17) is 0 Å². The highest BCUT2D eigenvalue weighted by Crippen LogP contribution is 2.26. The highest BCUT2D eigenvalue weighted by Gasteiger charge is 2.12. The quantitative estimate of drug-likeness (QED) is 0.663. The molecule has 0 N–H and O–H groups in total. The van der Waals surface area contributed by atoms with Crippen molar-refractivity contribution in [3.63, 3.8) is 0 Å². The van der Waals surface area contributed by atoms with E-state index in [1.807, 2.05) is 0 Å².